The van der Waals surface area contributed by atoms with Gasteiger partial charge in [-0.05, 0) is 44.2 Å². The molecule has 0 unspecified atom stereocenters. The third-order valence-electron chi connectivity index (χ3n) is 5.43. The molecule has 0 spiro atoms. The minimum absolute atomic E-state index is 0.0284. The highest BCUT2D eigenvalue weighted by Crippen LogP contribution is 2.34. The van der Waals surface area contributed by atoms with Crippen molar-refractivity contribution in [3.05, 3.63) is 18.2 Å². The van der Waals surface area contributed by atoms with E-state index in [-0.39, 0.29) is 16.8 Å². The number of carbonyl (C=O) groups is 1. The highest BCUT2D eigenvalue weighted by molar-refractivity contribution is 7.89. The van der Waals surface area contributed by atoms with Gasteiger partial charge in [-0.2, -0.15) is 4.31 Å². The van der Waals surface area contributed by atoms with Gasteiger partial charge in [0, 0.05) is 18.7 Å². The molecule has 0 saturated carbocycles. The second-order valence-corrected chi connectivity index (χ2v) is 10.2. The molecule has 1 aromatic rings. The quantitative estimate of drug-likeness (QED) is 0.694. The van der Waals surface area contributed by atoms with Gasteiger partial charge in [0.15, 0.2) is 11.5 Å². The molecule has 2 aliphatic heterocycles. The van der Waals surface area contributed by atoms with Crippen LogP contribution in [0.25, 0.3) is 0 Å². The number of carbonyl (C=O) groups excluding carboxylic acids is 1. The molecule has 0 bridgehead atoms. The van der Waals surface area contributed by atoms with Crippen LogP contribution in [-0.2, 0) is 14.8 Å². The molecule has 8 heteroatoms. The summed E-state index contributed by atoms with van der Waals surface area (Å²) in [6.45, 7) is 7.52. The van der Waals surface area contributed by atoms with Crippen LogP contribution >= 0.6 is 0 Å². The van der Waals surface area contributed by atoms with E-state index in [2.05, 4.69) is 19.2 Å². The summed E-state index contributed by atoms with van der Waals surface area (Å²) in [7, 11) is -3.79. The second kappa shape index (κ2) is 9.34. The van der Waals surface area contributed by atoms with Gasteiger partial charge < -0.3 is 14.8 Å². The lowest BCUT2D eigenvalue weighted by atomic mass is 10.0. The number of hydrogen-bond acceptors (Lipinski definition) is 5. The maximum Gasteiger partial charge on any atom is 0.243 e. The first kappa shape index (κ1) is 21.9. The fraction of sp³-hybridized carbons (Fsp3) is 0.667. The minimum atomic E-state index is -3.79. The van der Waals surface area contributed by atoms with Crippen molar-refractivity contribution in [1.82, 2.24) is 9.62 Å². The first-order chi connectivity index (χ1) is 13.8. The Morgan fingerprint density at radius 3 is 2.62 bits per heavy atom. The lowest BCUT2D eigenvalue weighted by Crippen LogP contribution is -2.48. The van der Waals surface area contributed by atoms with Gasteiger partial charge in [-0.25, -0.2) is 8.42 Å². The summed E-state index contributed by atoms with van der Waals surface area (Å²) in [5.41, 5.74) is 0. The van der Waals surface area contributed by atoms with Crippen molar-refractivity contribution in [3.8, 4) is 11.5 Å². The summed E-state index contributed by atoms with van der Waals surface area (Å²) in [5, 5.41) is 3.01. The van der Waals surface area contributed by atoms with Gasteiger partial charge in [0.25, 0.3) is 0 Å². The monoisotopic (exact) mass is 424 g/mol. The van der Waals surface area contributed by atoms with E-state index >= 15 is 0 Å². The average Bonchev–Trinajstić information content (AvgIpc) is 3.18. The van der Waals surface area contributed by atoms with E-state index in [1.54, 1.807) is 6.07 Å². The first-order valence-electron chi connectivity index (χ1n) is 10.5. The number of amides is 1. The van der Waals surface area contributed by atoms with Crippen LogP contribution in [0.5, 0.6) is 11.5 Å². The van der Waals surface area contributed by atoms with Gasteiger partial charge in [-0.1, -0.05) is 26.7 Å². The van der Waals surface area contributed by atoms with Crippen molar-refractivity contribution in [2.45, 2.75) is 69.9 Å². The fourth-order valence-electron chi connectivity index (χ4n) is 3.85. The SMILES string of the molecule is CC(C)CCC[C@H](C)NC(=O)[C@H]1CCCN1S(=O)(=O)c1ccc2c(c1)OCCO2. The Bertz CT molecular complexity index is 824. The summed E-state index contributed by atoms with van der Waals surface area (Å²) in [4.78, 5) is 12.9. The number of benzene rings is 1. The zero-order chi connectivity index (χ0) is 21.0. The Morgan fingerprint density at radius 2 is 1.90 bits per heavy atom. The van der Waals surface area contributed by atoms with Gasteiger partial charge in [0.05, 0.1) is 4.90 Å². The van der Waals surface area contributed by atoms with Crippen molar-refractivity contribution >= 4 is 15.9 Å². The molecule has 1 saturated heterocycles. The van der Waals surface area contributed by atoms with Gasteiger partial charge in [-0.15, -0.1) is 0 Å². The number of fused-ring (bicyclic) bond motifs is 1. The molecule has 29 heavy (non-hydrogen) atoms. The van der Waals surface area contributed by atoms with Crippen molar-refractivity contribution in [3.63, 3.8) is 0 Å². The zero-order valence-electron chi connectivity index (χ0n) is 17.5. The molecule has 1 aromatic carbocycles. The lowest BCUT2D eigenvalue weighted by molar-refractivity contribution is -0.124. The van der Waals surface area contributed by atoms with E-state index < -0.39 is 16.1 Å². The molecule has 2 heterocycles. The third kappa shape index (κ3) is 5.22. The van der Waals surface area contributed by atoms with Gasteiger partial charge in [-0.3, -0.25) is 4.79 Å². The molecule has 0 aromatic heterocycles. The van der Waals surface area contributed by atoms with Crippen LogP contribution in [0.1, 0.15) is 52.9 Å². The molecule has 162 valence electrons. The molecule has 2 atom stereocenters. The second-order valence-electron chi connectivity index (χ2n) is 8.31. The summed E-state index contributed by atoms with van der Waals surface area (Å²) >= 11 is 0. The number of nitrogens with zero attached hydrogens (tertiary/aromatic N) is 1. The van der Waals surface area contributed by atoms with Gasteiger partial charge >= 0.3 is 0 Å². The number of nitrogens with one attached hydrogen (secondary N) is 1. The molecule has 7 nitrogen and oxygen atoms in total. The zero-order valence-corrected chi connectivity index (χ0v) is 18.3. The number of ether oxygens (including phenoxy) is 2. The van der Waals surface area contributed by atoms with Crippen LogP contribution in [-0.4, -0.2) is 50.5 Å². The molecule has 1 fully saturated rings. The van der Waals surface area contributed by atoms with Crippen molar-refractivity contribution < 1.29 is 22.7 Å². The average molecular weight is 425 g/mol. The lowest BCUT2D eigenvalue weighted by Gasteiger charge is -2.26. The number of rotatable bonds is 8. The third-order valence-corrected chi connectivity index (χ3v) is 7.34. The molecule has 3 rings (SSSR count). The number of hydrogen-bond donors (Lipinski definition) is 1. The molecule has 0 aliphatic carbocycles. The summed E-state index contributed by atoms with van der Waals surface area (Å²) in [6.07, 6.45) is 4.26. The molecule has 1 N–H and O–H groups in total. The molecular formula is C21H32N2O5S. The van der Waals surface area contributed by atoms with Gasteiger partial charge in [0.1, 0.15) is 19.3 Å². The highest BCUT2D eigenvalue weighted by atomic mass is 32.2. The Morgan fingerprint density at radius 1 is 1.17 bits per heavy atom. The maximum absolute atomic E-state index is 13.2. The van der Waals surface area contributed by atoms with Crippen molar-refractivity contribution in [1.29, 1.82) is 0 Å². The van der Waals surface area contributed by atoms with E-state index in [0.717, 1.165) is 19.3 Å². The largest absolute Gasteiger partial charge is 0.486 e. The molecule has 0 radical (unpaired) electrons. The highest BCUT2D eigenvalue weighted by Gasteiger charge is 2.40. The summed E-state index contributed by atoms with van der Waals surface area (Å²) in [5.74, 6) is 1.40. The van der Waals surface area contributed by atoms with Crippen LogP contribution in [0, 0.1) is 5.92 Å². The van der Waals surface area contributed by atoms with E-state index in [1.165, 1.54) is 16.4 Å². The van der Waals surface area contributed by atoms with Crippen LogP contribution in [0.15, 0.2) is 23.1 Å². The molecular weight excluding hydrogens is 392 g/mol. The topological polar surface area (TPSA) is 84.9 Å². The Kier molecular flexibility index (Phi) is 7.05. The van der Waals surface area contributed by atoms with Crippen LogP contribution in [0.4, 0.5) is 0 Å². The predicted octanol–water partition coefficient (Wildman–Crippen LogP) is 2.94. The Balaban J connectivity index is 1.68. The number of sulfonamides is 1. The van der Waals surface area contributed by atoms with E-state index in [4.69, 9.17) is 9.47 Å². The van der Waals surface area contributed by atoms with Crippen LogP contribution < -0.4 is 14.8 Å². The van der Waals surface area contributed by atoms with E-state index in [0.29, 0.717) is 50.0 Å². The summed E-state index contributed by atoms with van der Waals surface area (Å²) in [6, 6.07) is 3.99. The normalized spacial score (nSPS) is 20.6. The Hall–Kier alpha value is -1.80. The van der Waals surface area contributed by atoms with Crippen molar-refractivity contribution in [2.24, 2.45) is 5.92 Å². The smallest absolute Gasteiger partial charge is 0.243 e. The standard InChI is InChI=1S/C21H32N2O5S/c1-15(2)6-4-7-16(3)22-21(24)18-8-5-11-23(18)29(25,26)17-9-10-19-20(14-17)28-13-12-27-19/h9-10,14-16,18H,4-8,11-13H2,1-3H3,(H,22,24)/t16-,18+/m0/s1. The minimum Gasteiger partial charge on any atom is -0.486 e. The van der Waals surface area contributed by atoms with Crippen LogP contribution in [0.2, 0.25) is 0 Å². The van der Waals surface area contributed by atoms with Crippen LogP contribution in [0.3, 0.4) is 0 Å². The van der Waals surface area contributed by atoms with Crippen molar-refractivity contribution in [2.75, 3.05) is 19.8 Å². The maximum atomic E-state index is 13.2. The fourth-order valence-corrected chi connectivity index (χ4v) is 5.53. The molecule has 1 amide bonds. The van der Waals surface area contributed by atoms with Gasteiger partial charge in [0.2, 0.25) is 15.9 Å². The summed E-state index contributed by atoms with van der Waals surface area (Å²) < 4.78 is 38.7. The molecule has 2 aliphatic rings. The van der Waals surface area contributed by atoms with E-state index in [1.807, 2.05) is 6.92 Å². The first-order valence-corrected chi connectivity index (χ1v) is 11.9. The Labute approximate surface area is 173 Å². The van der Waals surface area contributed by atoms with E-state index in [9.17, 15) is 13.2 Å². The predicted molar refractivity (Wildman–Crippen MR) is 111 cm³/mol.